The number of benzene rings is 3. The summed E-state index contributed by atoms with van der Waals surface area (Å²) in [5.74, 6) is -1.15. The number of nitrogens with one attached hydrogen (secondary N) is 1. The van der Waals surface area contributed by atoms with Gasteiger partial charge >= 0.3 is 5.97 Å². The molecule has 2 fully saturated rings. The van der Waals surface area contributed by atoms with E-state index in [2.05, 4.69) is 16.0 Å². The highest BCUT2D eigenvalue weighted by Gasteiger charge is 2.45. The number of carbonyl (C=O) groups is 3. The Hall–Kier alpha value is -4.72. The lowest BCUT2D eigenvalue weighted by atomic mass is 9.72. The summed E-state index contributed by atoms with van der Waals surface area (Å²) in [6.07, 6.45) is 10.6. The molecule has 0 atom stereocenters. The van der Waals surface area contributed by atoms with E-state index in [1.807, 2.05) is 42.3 Å². The fourth-order valence-corrected chi connectivity index (χ4v) is 7.86. The Balaban J connectivity index is 1.20. The minimum absolute atomic E-state index is 0.0233. The molecule has 8 heteroatoms. The van der Waals surface area contributed by atoms with Gasteiger partial charge in [0.25, 0.3) is 5.91 Å². The lowest BCUT2D eigenvalue weighted by Crippen LogP contribution is -2.59. The lowest BCUT2D eigenvalue weighted by molar-refractivity contribution is -0.131. The number of aliphatic carboxylic acids is 1. The van der Waals surface area contributed by atoms with Crippen molar-refractivity contribution in [3.8, 4) is 11.3 Å². The fourth-order valence-electron chi connectivity index (χ4n) is 7.86. The van der Waals surface area contributed by atoms with Gasteiger partial charge in [-0.25, -0.2) is 9.18 Å². The minimum Gasteiger partial charge on any atom is -0.478 e. The summed E-state index contributed by atoms with van der Waals surface area (Å²) in [5.41, 5.74) is 6.00. The third-order valence-corrected chi connectivity index (χ3v) is 10.5. The van der Waals surface area contributed by atoms with Crippen LogP contribution in [0, 0.1) is 5.82 Å². The molecular formula is C39H40FN3O4. The molecular weight excluding hydrogens is 593 g/mol. The van der Waals surface area contributed by atoms with Crippen LogP contribution in [0.15, 0.2) is 66.7 Å². The molecule has 0 bridgehead atoms. The van der Waals surface area contributed by atoms with Crippen molar-refractivity contribution in [3.63, 3.8) is 0 Å². The monoisotopic (exact) mass is 633 g/mol. The highest BCUT2D eigenvalue weighted by molar-refractivity contribution is 6.04. The molecule has 1 aromatic heterocycles. The second-order valence-corrected chi connectivity index (χ2v) is 13.4. The number of nitrogens with zero attached hydrogens (tertiary/aromatic N) is 2. The van der Waals surface area contributed by atoms with E-state index < -0.39 is 11.5 Å². The van der Waals surface area contributed by atoms with E-state index >= 15 is 4.39 Å². The first kappa shape index (κ1) is 30.9. The van der Waals surface area contributed by atoms with Crippen LogP contribution in [0.5, 0.6) is 0 Å². The number of carboxylic acids is 1. The van der Waals surface area contributed by atoms with Crippen molar-refractivity contribution < 1.29 is 23.9 Å². The van der Waals surface area contributed by atoms with E-state index in [4.69, 9.17) is 5.11 Å². The first-order valence-corrected chi connectivity index (χ1v) is 16.8. The number of rotatable bonds is 8. The summed E-state index contributed by atoms with van der Waals surface area (Å²) in [4.78, 5) is 40.3. The molecule has 7 rings (SSSR count). The van der Waals surface area contributed by atoms with E-state index in [1.54, 1.807) is 18.2 Å². The zero-order valence-electron chi connectivity index (χ0n) is 26.7. The Bertz CT molecular complexity index is 1900. The molecule has 47 heavy (non-hydrogen) atoms. The van der Waals surface area contributed by atoms with Gasteiger partial charge in [0.1, 0.15) is 5.82 Å². The van der Waals surface area contributed by atoms with Crippen molar-refractivity contribution in [2.75, 3.05) is 18.5 Å². The summed E-state index contributed by atoms with van der Waals surface area (Å²) >= 11 is 0. The number of hydrogen-bond donors (Lipinski definition) is 2. The third kappa shape index (κ3) is 5.75. The van der Waals surface area contributed by atoms with Crippen molar-refractivity contribution in [2.24, 2.45) is 0 Å². The molecule has 0 unspecified atom stereocenters. The summed E-state index contributed by atoms with van der Waals surface area (Å²) in [5, 5.41) is 13.1. The van der Waals surface area contributed by atoms with Crippen LogP contribution in [0.2, 0.25) is 0 Å². The Morgan fingerprint density at radius 2 is 1.74 bits per heavy atom. The third-order valence-electron chi connectivity index (χ3n) is 10.5. The molecule has 7 nitrogen and oxygen atoms in total. The molecule has 3 aromatic carbocycles. The number of hydrogen-bond acceptors (Lipinski definition) is 4. The number of likely N-dealkylation sites (N-methyl/N-ethyl adjacent to an activating group) is 1. The molecule has 2 N–H and O–H groups in total. The average molecular weight is 634 g/mol. The van der Waals surface area contributed by atoms with E-state index in [-0.39, 0.29) is 23.9 Å². The number of fused-ring (bicyclic) bond motifs is 5. The van der Waals surface area contributed by atoms with Gasteiger partial charge in [0.2, 0.25) is 0 Å². The molecule has 2 aliphatic carbocycles. The maximum atomic E-state index is 15.3. The Kier molecular flexibility index (Phi) is 8.20. The predicted octanol–water partition coefficient (Wildman–Crippen LogP) is 7.51. The van der Waals surface area contributed by atoms with Crippen LogP contribution in [0.3, 0.4) is 0 Å². The highest BCUT2D eigenvalue weighted by Crippen LogP contribution is 2.48. The van der Waals surface area contributed by atoms with Gasteiger partial charge in [0.15, 0.2) is 5.78 Å². The van der Waals surface area contributed by atoms with E-state index in [0.717, 1.165) is 58.6 Å². The number of halogens is 1. The molecule has 0 radical (unpaired) electrons. The smallest absolute Gasteiger partial charge is 0.328 e. The number of Topliss-reactive ketones (excluding diaryl/α,β-unsaturated/α-hetero) is 1. The largest absolute Gasteiger partial charge is 0.478 e. The molecule has 2 saturated carbocycles. The molecule has 1 amide bonds. The molecule has 0 saturated heterocycles. The van der Waals surface area contributed by atoms with E-state index in [1.165, 1.54) is 37.0 Å². The standard InChI is InChI=1S/C39H40FN3O4/c1-42-21-22-43-32-24-28(16-17-29(32)35(27-7-3-2-4-8-27)37(43)30-9-5-10-31(40)36(30)42)38(47)41-39(19-6-20-39)33(44)23-26-13-11-25(12-14-26)15-18-34(45)46/h5,9-18,24,27H,2-4,6-8,19-23H2,1H3,(H,41,47)(H,45,46)/b18-15+. The van der Waals surface area contributed by atoms with Gasteiger partial charge in [0.05, 0.1) is 16.9 Å². The minimum atomic E-state index is -1.02. The van der Waals surface area contributed by atoms with Crippen LogP contribution in [-0.4, -0.2) is 46.5 Å². The van der Waals surface area contributed by atoms with Crippen LogP contribution in [0.4, 0.5) is 10.1 Å². The summed E-state index contributed by atoms with van der Waals surface area (Å²) in [7, 11) is 1.94. The van der Waals surface area contributed by atoms with Crippen LogP contribution in [0.1, 0.15) is 84.3 Å². The number of amides is 1. The van der Waals surface area contributed by atoms with Gasteiger partial charge in [0, 0.05) is 54.7 Å². The first-order valence-electron chi connectivity index (χ1n) is 16.8. The van der Waals surface area contributed by atoms with Crippen molar-refractivity contribution in [2.45, 2.75) is 75.8 Å². The lowest BCUT2D eigenvalue weighted by Gasteiger charge is -2.41. The Morgan fingerprint density at radius 1 is 0.979 bits per heavy atom. The van der Waals surface area contributed by atoms with Gasteiger partial charge in [-0.15, -0.1) is 0 Å². The van der Waals surface area contributed by atoms with Crippen LogP contribution in [0.25, 0.3) is 28.2 Å². The molecule has 2 heterocycles. The van der Waals surface area contributed by atoms with Crippen molar-refractivity contribution in [1.29, 1.82) is 0 Å². The Morgan fingerprint density at radius 3 is 2.45 bits per heavy atom. The van der Waals surface area contributed by atoms with Crippen LogP contribution < -0.4 is 10.2 Å². The number of carboxylic acid groups (broad SMARTS) is 1. The predicted molar refractivity (Wildman–Crippen MR) is 182 cm³/mol. The number of aromatic nitrogens is 1. The second kappa shape index (κ2) is 12.5. The van der Waals surface area contributed by atoms with Gasteiger partial charge in [-0.1, -0.05) is 61.7 Å². The van der Waals surface area contributed by atoms with E-state index in [0.29, 0.717) is 43.1 Å². The molecule has 0 spiro atoms. The summed E-state index contributed by atoms with van der Waals surface area (Å²) in [6, 6.07) is 18.5. The van der Waals surface area contributed by atoms with Gasteiger partial charge in [-0.05, 0) is 79.0 Å². The van der Waals surface area contributed by atoms with Gasteiger partial charge in [-0.3, -0.25) is 9.59 Å². The Labute approximate surface area is 274 Å². The van der Waals surface area contributed by atoms with Crippen molar-refractivity contribution in [1.82, 2.24) is 9.88 Å². The normalized spacial score (nSPS) is 17.5. The van der Waals surface area contributed by atoms with Gasteiger partial charge in [-0.2, -0.15) is 0 Å². The van der Waals surface area contributed by atoms with Crippen LogP contribution in [-0.2, 0) is 22.6 Å². The molecule has 3 aliphatic rings. The number of anilines is 1. The number of carbonyl (C=O) groups excluding carboxylic acids is 2. The van der Waals surface area contributed by atoms with Crippen molar-refractivity contribution in [3.05, 3.63) is 94.8 Å². The SMILES string of the molecule is CN1CCn2c(c(C3CCCCC3)c3ccc(C(=O)NC4(C(=O)Cc5ccc(/C=C/C(=O)O)cc5)CCC4)cc32)-c2cccc(F)c21. The van der Waals surface area contributed by atoms with Crippen LogP contribution >= 0.6 is 0 Å². The van der Waals surface area contributed by atoms with E-state index in [9.17, 15) is 14.4 Å². The zero-order chi connectivity index (χ0) is 32.7. The highest BCUT2D eigenvalue weighted by atomic mass is 19.1. The summed E-state index contributed by atoms with van der Waals surface area (Å²) < 4.78 is 17.6. The van der Waals surface area contributed by atoms with Crippen molar-refractivity contribution >= 4 is 40.3 Å². The van der Waals surface area contributed by atoms with Gasteiger partial charge < -0.3 is 19.9 Å². The first-order chi connectivity index (χ1) is 22.7. The zero-order valence-corrected chi connectivity index (χ0v) is 26.7. The number of para-hydroxylation sites is 1. The second-order valence-electron chi connectivity index (χ2n) is 13.4. The number of ketones is 1. The maximum absolute atomic E-state index is 15.3. The summed E-state index contributed by atoms with van der Waals surface area (Å²) in [6.45, 7) is 1.31. The maximum Gasteiger partial charge on any atom is 0.328 e. The molecule has 242 valence electrons. The topological polar surface area (TPSA) is 91.6 Å². The quantitative estimate of drug-likeness (QED) is 0.196. The fraction of sp³-hybridized carbons (Fsp3) is 0.359. The molecule has 4 aromatic rings. The molecule has 1 aliphatic heterocycles. The average Bonchev–Trinajstić information content (AvgIpc) is 3.30.